The summed E-state index contributed by atoms with van der Waals surface area (Å²) in [6.45, 7) is 5.93. The van der Waals surface area contributed by atoms with E-state index < -0.39 is 58.3 Å². The van der Waals surface area contributed by atoms with Gasteiger partial charge in [-0.3, -0.25) is 9.59 Å². The van der Waals surface area contributed by atoms with Gasteiger partial charge in [0, 0.05) is 6.42 Å². The lowest BCUT2D eigenvalue weighted by Crippen LogP contribution is -2.66. The third-order valence-electron chi connectivity index (χ3n) is 7.49. The highest BCUT2D eigenvalue weighted by Crippen LogP contribution is 2.76. The molecule has 3 aliphatic heterocycles. The van der Waals surface area contributed by atoms with Crippen molar-refractivity contribution in [3.8, 4) is 0 Å². The molecule has 0 amide bonds. The molecule has 3 saturated heterocycles. The summed E-state index contributed by atoms with van der Waals surface area (Å²) in [7, 11) is 0. The molecule has 0 radical (unpaired) electrons. The van der Waals surface area contributed by atoms with Crippen molar-refractivity contribution in [2.75, 3.05) is 0 Å². The van der Waals surface area contributed by atoms with Crippen LogP contribution in [0.5, 0.6) is 0 Å². The zero-order chi connectivity index (χ0) is 21.5. The Morgan fingerprint density at radius 3 is 2.47 bits per heavy atom. The fourth-order valence-electron chi connectivity index (χ4n) is 6.30. The van der Waals surface area contributed by atoms with Gasteiger partial charge in [-0.15, -0.1) is 0 Å². The van der Waals surface area contributed by atoms with Crippen LogP contribution in [0.4, 0.5) is 0 Å². The average molecular weight is 416 g/mol. The highest BCUT2D eigenvalue weighted by atomic mass is 16.7. The summed E-state index contributed by atoms with van der Waals surface area (Å²) >= 11 is 0. The van der Waals surface area contributed by atoms with Crippen molar-refractivity contribution in [3.05, 3.63) is 35.9 Å². The second kappa shape index (κ2) is 5.82. The maximum absolute atomic E-state index is 13.1. The van der Waals surface area contributed by atoms with Crippen LogP contribution in [0.25, 0.3) is 0 Å². The van der Waals surface area contributed by atoms with Gasteiger partial charge in [0.15, 0.2) is 6.10 Å². The normalized spacial score (nSPS) is 41.7. The van der Waals surface area contributed by atoms with Crippen LogP contribution in [-0.2, 0) is 39.9 Å². The fraction of sp³-hybridized carbons (Fsp3) is 0.591. The van der Waals surface area contributed by atoms with Gasteiger partial charge in [0.05, 0.1) is 18.6 Å². The molecule has 4 fully saturated rings. The first-order valence-corrected chi connectivity index (χ1v) is 10.1. The standard InChI is InChI=1S/C22H24O8/c1-19(2,3)21(27-11-12-7-5-4-6-8-12)9-13-20(10-14(23)28-13)17(26)30-18-22(20,21)15(24)16(25)29-18/h4-8,13,15,18,24H,9-11H2,1-3H3/t13?,15-,18?,20?,21-,22?/m1/s1. The number of carbonyl (C=O) groups is 3. The number of carbonyl (C=O) groups excluding carboxylic acids is 3. The Hall–Kier alpha value is -2.45. The first kappa shape index (κ1) is 19.5. The van der Waals surface area contributed by atoms with E-state index in [1.165, 1.54) is 0 Å². The summed E-state index contributed by atoms with van der Waals surface area (Å²) in [5, 5.41) is 11.2. The first-order valence-electron chi connectivity index (χ1n) is 10.1. The third kappa shape index (κ3) is 1.96. The van der Waals surface area contributed by atoms with E-state index in [4.69, 9.17) is 18.9 Å². The highest BCUT2D eigenvalue weighted by Gasteiger charge is 2.93. The van der Waals surface area contributed by atoms with Gasteiger partial charge in [0.2, 0.25) is 0 Å². The molecule has 5 rings (SSSR count). The summed E-state index contributed by atoms with van der Waals surface area (Å²) in [6.07, 6.45) is -4.05. The Bertz CT molecular complexity index is 936. The lowest BCUT2D eigenvalue weighted by Gasteiger charge is -2.53. The topological polar surface area (TPSA) is 108 Å². The largest absolute Gasteiger partial charge is 0.461 e. The van der Waals surface area contributed by atoms with Gasteiger partial charge < -0.3 is 24.1 Å². The maximum Gasteiger partial charge on any atom is 0.339 e. The summed E-state index contributed by atoms with van der Waals surface area (Å²) < 4.78 is 22.9. The molecule has 8 nitrogen and oxygen atoms in total. The lowest BCUT2D eigenvalue weighted by atomic mass is 9.52. The molecule has 1 aliphatic carbocycles. The molecule has 8 heteroatoms. The van der Waals surface area contributed by atoms with E-state index in [-0.39, 0.29) is 19.4 Å². The molecule has 160 valence electrons. The lowest BCUT2D eigenvalue weighted by molar-refractivity contribution is -0.252. The van der Waals surface area contributed by atoms with E-state index in [2.05, 4.69) is 0 Å². The van der Waals surface area contributed by atoms with Crippen LogP contribution in [0.1, 0.15) is 39.2 Å². The van der Waals surface area contributed by atoms with Crippen molar-refractivity contribution in [2.45, 2.75) is 64.3 Å². The summed E-state index contributed by atoms with van der Waals surface area (Å²) in [6, 6.07) is 9.47. The number of aliphatic hydroxyl groups is 1. The Kier molecular flexibility index (Phi) is 3.79. The van der Waals surface area contributed by atoms with E-state index >= 15 is 0 Å². The van der Waals surface area contributed by atoms with Crippen molar-refractivity contribution in [1.29, 1.82) is 0 Å². The predicted octanol–water partition coefficient (Wildman–Crippen LogP) is 1.48. The van der Waals surface area contributed by atoms with Crippen molar-refractivity contribution < 1.29 is 38.4 Å². The van der Waals surface area contributed by atoms with Gasteiger partial charge in [0.1, 0.15) is 16.9 Å². The van der Waals surface area contributed by atoms with Gasteiger partial charge in [-0.2, -0.15) is 0 Å². The quantitative estimate of drug-likeness (QED) is 0.739. The molecule has 1 N–H and O–H groups in total. The zero-order valence-electron chi connectivity index (χ0n) is 17.0. The molecule has 1 aromatic rings. The zero-order valence-corrected chi connectivity index (χ0v) is 17.0. The van der Waals surface area contributed by atoms with Crippen molar-refractivity contribution in [1.82, 2.24) is 0 Å². The molecule has 0 bridgehead atoms. The molecule has 6 atom stereocenters. The van der Waals surface area contributed by atoms with Crippen LogP contribution < -0.4 is 0 Å². The Morgan fingerprint density at radius 1 is 1.10 bits per heavy atom. The molecular weight excluding hydrogens is 392 g/mol. The molecule has 3 heterocycles. The predicted molar refractivity (Wildman–Crippen MR) is 99.4 cm³/mol. The number of esters is 3. The molecule has 0 aromatic heterocycles. The number of hydrogen-bond donors (Lipinski definition) is 1. The van der Waals surface area contributed by atoms with Crippen molar-refractivity contribution in [2.24, 2.45) is 16.2 Å². The minimum absolute atomic E-state index is 0.147. The van der Waals surface area contributed by atoms with E-state index in [1.807, 2.05) is 51.1 Å². The Balaban J connectivity index is 1.72. The number of aliphatic hydroxyl groups excluding tert-OH is 1. The first-order chi connectivity index (χ1) is 14.1. The summed E-state index contributed by atoms with van der Waals surface area (Å²) in [5.74, 6) is -2.14. The van der Waals surface area contributed by atoms with Crippen molar-refractivity contribution in [3.63, 3.8) is 0 Å². The number of benzene rings is 1. The molecule has 2 spiro atoms. The van der Waals surface area contributed by atoms with Crippen LogP contribution in [0.15, 0.2) is 30.3 Å². The van der Waals surface area contributed by atoms with Gasteiger partial charge in [0.25, 0.3) is 6.29 Å². The Morgan fingerprint density at radius 2 is 1.80 bits per heavy atom. The minimum Gasteiger partial charge on any atom is -0.461 e. The molecule has 4 unspecified atom stereocenters. The molecule has 4 aliphatic rings. The average Bonchev–Trinajstić information content (AvgIpc) is 3.29. The number of ether oxygens (including phenoxy) is 4. The Labute approximate surface area is 173 Å². The smallest absolute Gasteiger partial charge is 0.339 e. The maximum atomic E-state index is 13.1. The fourth-order valence-corrected chi connectivity index (χ4v) is 6.30. The van der Waals surface area contributed by atoms with Crippen LogP contribution in [0.3, 0.4) is 0 Å². The summed E-state index contributed by atoms with van der Waals surface area (Å²) in [4.78, 5) is 38.0. The van der Waals surface area contributed by atoms with Gasteiger partial charge >= 0.3 is 17.9 Å². The van der Waals surface area contributed by atoms with E-state index in [1.54, 1.807) is 0 Å². The second-order valence-electron chi connectivity index (χ2n) is 9.63. The van der Waals surface area contributed by atoms with Crippen LogP contribution in [0, 0.1) is 16.2 Å². The van der Waals surface area contributed by atoms with Gasteiger partial charge in [-0.05, 0) is 11.0 Å². The molecule has 30 heavy (non-hydrogen) atoms. The van der Waals surface area contributed by atoms with E-state index in [0.717, 1.165) is 5.56 Å². The molecular formula is C22H24O8. The van der Waals surface area contributed by atoms with E-state index in [0.29, 0.717) is 0 Å². The van der Waals surface area contributed by atoms with E-state index in [9.17, 15) is 19.5 Å². The number of rotatable bonds is 3. The SMILES string of the molecule is CC(C)(C)[C@]1(OCc2ccccc2)CC2OC(=O)CC23C(=O)OC2OC(=O)[C@@H](O)C231. The number of hydrogen-bond acceptors (Lipinski definition) is 8. The summed E-state index contributed by atoms with van der Waals surface area (Å²) in [5.41, 5.74) is -4.17. The monoisotopic (exact) mass is 416 g/mol. The third-order valence-corrected chi connectivity index (χ3v) is 7.49. The van der Waals surface area contributed by atoms with Gasteiger partial charge in [-0.1, -0.05) is 51.1 Å². The second-order valence-corrected chi connectivity index (χ2v) is 9.63. The van der Waals surface area contributed by atoms with Crippen LogP contribution in [0.2, 0.25) is 0 Å². The van der Waals surface area contributed by atoms with Gasteiger partial charge in [-0.25, -0.2) is 4.79 Å². The van der Waals surface area contributed by atoms with Crippen molar-refractivity contribution >= 4 is 17.9 Å². The minimum atomic E-state index is -1.69. The van der Waals surface area contributed by atoms with Crippen LogP contribution >= 0.6 is 0 Å². The van der Waals surface area contributed by atoms with Crippen LogP contribution in [-0.4, -0.2) is 47.1 Å². The molecule has 1 aromatic carbocycles. The molecule has 1 saturated carbocycles. The highest BCUT2D eigenvalue weighted by molar-refractivity contribution is 5.95.